The van der Waals surface area contributed by atoms with Crippen molar-refractivity contribution in [1.82, 2.24) is 0 Å². The molecule has 7 heteroatoms. The Balaban J connectivity index is 1.58. The normalized spacial score (nSPS) is 23.0. The minimum atomic E-state index is -0.446. The Morgan fingerprint density at radius 3 is 2.48 bits per heavy atom. The van der Waals surface area contributed by atoms with Gasteiger partial charge in [0.1, 0.15) is 5.69 Å². The maximum atomic E-state index is 13.0. The molecule has 0 unspecified atom stereocenters. The highest BCUT2D eigenvalue weighted by molar-refractivity contribution is 6.22. The third-order valence-electron chi connectivity index (χ3n) is 6.59. The van der Waals surface area contributed by atoms with E-state index in [-0.39, 0.29) is 29.3 Å². The smallest absolute Gasteiger partial charge is 0.294 e. The fraction of sp³-hybridized carbons (Fsp3) is 0.417. The molecule has 1 aliphatic heterocycles. The molecule has 2 aromatic rings. The van der Waals surface area contributed by atoms with E-state index in [1.54, 1.807) is 12.1 Å². The van der Waals surface area contributed by atoms with Crippen LogP contribution in [0.3, 0.4) is 0 Å². The maximum Gasteiger partial charge on any atom is 0.294 e. The molecule has 2 fully saturated rings. The molecule has 0 N–H and O–H groups in total. The fourth-order valence-corrected chi connectivity index (χ4v) is 4.83. The van der Waals surface area contributed by atoms with Crippen LogP contribution < -0.4 is 9.80 Å². The number of hydrogen-bond acceptors (Lipinski definition) is 5. The fourth-order valence-electron chi connectivity index (χ4n) is 4.83. The van der Waals surface area contributed by atoms with Gasteiger partial charge in [0.25, 0.3) is 5.69 Å². The van der Waals surface area contributed by atoms with Crippen LogP contribution in [-0.4, -0.2) is 30.3 Å². The van der Waals surface area contributed by atoms with Gasteiger partial charge in [0.05, 0.1) is 22.4 Å². The molecule has 0 radical (unpaired) electrons. The van der Waals surface area contributed by atoms with E-state index in [1.807, 2.05) is 42.3 Å². The van der Waals surface area contributed by atoms with E-state index in [2.05, 4.69) is 6.92 Å². The lowest BCUT2D eigenvalue weighted by atomic mass is 9.76. The topological polar surface area (TPSA) is 83.8 Å². The van der Waals surface area contributed by atoms with E-state index in [9.17, 15) is 19.7 Å². The lowest BCUT2D eigenvalue weighted by Gasteiger charge is -2.25. The minimum absolute atomic E-state index is 0.100. The second-order valence-corrected chi connectivity index (χ2v) is 8.73. The summed E-state index contributed by atoms with van der Waals surface area (Å²) in [5, 5.41) is 11.8. The number of hydrogen-bond donors (Lipinski definition) is 0. The van der Waals surface area contributed by atoms with Gasteiger partial charge < -0.3 is 4.90 Å². The second kappa shape index (κ2) is 8.49. The number of imide groups is 1. The molecule has 0 bridgehead atoms. The molecule has 1 heterocycles. The highest BCUT2D eigenvalue weighted by Crippen LogP contribution is 2.43. The van der Waals surface area contributed by atoms with Gasteiger partial charge in [0.2, 0.25) is 11.8 Å². The minimum Gasteiger partial charge on any atom is -0.369 e. The number of fused-ring (bicyclic) bond motifs is 1. The quantitative estimate of drug-likeness (QED) is 0.397. The summed E-state index contributed by atoms with van der Waals surface area (Å²) in [6.07, 6.45) is 3.09. The van der Waals surface area contributed by atoms with Crippen molar-refractivity contribution in [1.29, 1.82) is 0 Å². The molecule has 2 aliphatic rings. The Bertz CT molecular complexity index is 1010. The van der Waals surface area contributed by atoms with E-state index in [4.69, 9.17) is 0 Å². The number of nitro groups is 1. The maximum absolute atomic E-state index is 13.0. The predicted octanol–water partition coefficient (Wildman–Crippen LogP) is 4.20. The van der Waals surface area contributed by atoms with E-state index in [1.165, 1.54) is 11.0 Å². The van der Waals surface area contributed by atoms with Crippen molar-refractivity contribution in [2.45, 2.75) is 32.6 Å². The van der Waals surface area contributed by atoms with Gasteiger partial charge in [-0.3, -0.25) is 19.7 Å². The van der Waals surface area contributed by atoms with E-state index < -0.39 is 4.92 Å². The van der Waals surface area contributed by atoms with E-state index >= 15 is 0 Å². The monoisotopic (exact) mass is 421 g/mol. The van der Waals surface area contributed by atoms with Crippen molar-refractivity contribution < 1.29 is 14.5 Å². The molecule has 162 valence electrons. The average molecular weight is 421 g/mol. The molecule has 1 saturated carbocycles. The van der Waals surface area contributed by atoms with Gasteiger partial charge in [0.15, 0.2) is 0 Å². The Morgan fingerprint density at radius 1 is 1.06 bits per heavy atom. The number of anilines is 2. The van der Waals surface area contributed by atoms with Crippen LogP contribution in [-0.2, 0) is 16.0 Å². The third-order valence-corrected chi connectivity index (χ3v) is 6.59. The molecule has 2 amide bonds. The summed E-state index contributed by atoms with van der Waals surface area (Å²) in [6.45, 7) is 2.70. The van der Waals surface area contributed by atoms with Crippen molar-refractivity contribution in [3.63, 3.8) is 0 Å². The van der Waals surface area contributed by atoms with Gasteiger partial charge in [-0.2, -0.15) is 0 Å². The van der Waals surface area contributed by atoms with Crippen LogP contribution in [0.2, 0.25) is 0 Å². The molecule has 1 aliphatic carbocycles. The van der Waals surface area contributed by atoms with Crippen LogP contribution in [0.5, 0.6) is 0 Å². The number of rotatable bonds is 6. The van der Waals surface area contributed by atoms with Crippen LogP contribution in [0.1, 0.15) is 31.7 Å². The number of amides is 2. The third kappa shape index (κ3) is 4.04. The van der Waals surface area contributed by atoms with Crippen molar-refractivity contribution in [2.24, 2.45) is 17.8 Å². The summed E-state index contributed by atoms with van der Waals surface area (Å²) >= 11 is 0. The average Bonchev–Trinajstić information content (AvgIpc) is 3.01. The van der Waals surface area contributed by atoms with Crippen molar-refractivity contribution in [3.8, 4) is 0 Å². The zero-order chi connectivity index (χ0) is 22.1. The van der Waals surface area contributed by atoms with Crippen LogP contribution in [0.4, 0.5) is 17.1 Å². The number of likely N-dealkylation sites (N-methyl/N-ethyl adjacent to an activating group) is 1. The summed E-state index contributed by atoms with van der Waals surface area (Å²) in [4.78, 5) is 40.3. The number of nitrogens with zero attached hydrogens (tertiary/aromatic N) is 3. The molecule has 1 saturated heterocycles. The zero-order valence-corrected chi connectivity index (χ0v) is 17.9. The molecular formula is C24H27N3O4. The summed E-state index contributed by atoms with van der Waals surface area (Å²) in [7, 11) is 1.81. The zero-order valence-electron chi connectivity index (χ0n) is 17.9. The van der Waals surface area contributed by atoms with Gasteiger partial charge in [-0.05, 0) is 49.3 Å². The van der Waals surface area contributed by atoms with Crippen molar-refractivity contribution in [3.05, 3.63) is 64.2 Å². The highest BCUT2D eigenvalue weighted by Gasteiger charge is 2.50. The molecule has 31 heavy (non-hydrogen) atoms. The summed E-state index contributed by atoms with van der Waals surface area (Å²) in [6, 6.07) is 14.6. The van der Waals surface area contributed by atoms with Crippen LogP contribution in [0, 0.1) is 27.9 Å². The summed E-state index contributed by atoms with van der Waals surface area (Å²) in [5.74, 6) is -0.630. The van der Waals surface area contributed by atoms with Crippen molar-refractivity contribution >= 4 is 28.9 Å². The first-order chi connectivity index (χ1) is 14.9. The first-order valence-electron chi connectivity index (χ1n) is 10.8. The largest absolute Gasteiger partial charge is 0.369 e. The summed E-state index contributed by atoms with van der Waals surface area (Å²) in [5.41, 5.74) is 1.81. The summed E-state index contributed by atoms with van der Waals surface area (Å²) < 4.78 is 0. The van der Waals surface area contributed by atoms with Crippen molar-refractivity contribution in [2.75, 3.05) is 23.4 Å². The first-order valence-corrected chi connectivity index (χ1v) is 10.8. The molecule has 7 nitrogen and oxygen atoms in total. The number of benzene rings is 2. The Kier molecular flexibility index (Phi) is 5.76. The molecule has 0 aromatic heterocycles. The lowest BCUT2D eigenvalue weighted by Crippen LogP contribution is -2.31. The molecular weight excluding hydrogens is 394 g/mol. The highest BCUT2D eigenvalue weighted by atomic mass is 16.6. The number of carbonyl (C=O) groups excluding carboxylic acids is 2. The van der Waals surface area contributed by atoms with Gasteiger partial charge in [-0.25, -0.2) is 4.90 Å². The standard InChI is InChI=1S/C24H27N3O4/c1-16-8-10-19-20(14-16)24(29)26(23(19)28)18-9-11-21(22(15-18)27(30)31)25(2)13-12-17-6-4-3-5-7-17/h3-7,9,11,15-16,19-20H,8,10,12-14H2,1-2H3/t16-,19+,20-/m1/s1. The molecule has 2 aromatic carbocycles. The van der Waals surface area contributed by atoms with E-state index in [0.29, 0.717) is 36.7 Å². The van der Waals surface area contributed by atoms with Gasteiger partial charge >= 0.3 is 0 Å². The number of nitro benzene ring substituents is 1. The molecule has 0 spiro atoms. The van der Waals surface area contributed by atoms with Gasteiger partial charge in [0, 0.05) is 19.7 Å². The van der Waals surface area contributed by atoms with Crippen LogP contribution >= 0.6 is 0 Å². The van der Waals surface area contributed by atoms with Gasteiger partial charge in [-0.15, -0.1) is 0 Å². The Hall–Kier alpha value is -3.22. The first kappa shape index (κ1) is 21.0. The lowest BCUT2D eigenvalue weighted by molar-refractivity contribution is -0.384. The Labute approximate surface area is 181 Å². The van der Waals surface area contributed by atoms with E-state index in [0.717, 1.165) is 18.4 Å². The molecule has 3 atom stereocenters. The predicted molar refractivity (Wildman–Crippen MR) is 119 cm³/mol. The molecule has 4 rings (SSSR count). The van der Waals surface area contributed by atoms with Gasteiger partial charge in [-0.1, -0.05) is 37.3 Å². The Morgan fingerprint density at radius 2 is 1.77 bits per heavy atom. The number of carbonyl (C=O) groups is 2. The second-order valence-electron chi connectivity index (χ2n) is 8.73. The SMILES string of the molecule is C[C@@H]1CC[C@@H]2C(=O)N(c3ccc(N(C)CCc4ccccc4)c([N+](=O)[O-])c3)C(=O)[C@@H]2C1. The van der Waals surface area contributed by atoms with Crippen LogP contribution in [0.25, 0.3) is 0 Å². The van der Waals surface area contributed by atoms with Crippen LogP contribution in [0.15, 0.2) is 48.5 Å².